The van der Waals surface area contributed by atoms with Crippen LogP contribution in [0.2, 0.25) is 0 Å². The van der Waals surface area contributed by atoms with Crippen molar-refractivity contribution in [2.75, 3.05) is 13.1 Å². The van der Waals surface area contributed by atoms with Crippen molar-refractivity contribution in [3.63, 3.8) is 0 Å². The maximum absolute atomic E-state index is 11.5. The zero-order valence-electron chi connectivity index (χ0n) is 8.74. The summed E-state index contributed by atoms with van der Waals surface area (Å²) in [6, 6.07) is -0.250. The standard InChI is InChI=1S/C10H17N3O2/c11-10(15)12-7-4-5-13(6-7)8-2-1-3-9(8)14/h7-8H,1-6H2,(H3,11,12,15). The Morgan fingerprint density at radius 1 is 1.47 bits per heavy atom. The number of Topliss-reactive ketones (excluding diaryl/α,β-unsaturated/α-hetero) is 1. The van der Waals surface area contributed by atoms with Crippen LogP contribution in [0.4, 0.5) is 4.79 Å². The fraction of sp³-hybridized carbons (Fsp3) is 0.800. The van der Waals surface area contributed by atoms with Crippen LogP contribution < -0.4 is 11.1 Å². The van der Waals surface area contributed by atoms with Gasteiger partial charge in [-0.05, 0) is 19.3 Å². The lowest BCUT2D eigenvalue weighted by atomic mass is 10.2. The Morgan fingerprint density at radius 3 is 2.87 bits per heavy atom. The molecule has 5 nitrogen and oxygen atoms in total. The van der Waals surface area contributed by atoms with Crippen LogP contribution in [0.1, 0.15) is 25.7 Å². The maximum Gasteiger partial charge on any atom is 0.312 e. The molecule has 0 aromatic rings. The molecular formula is C10H17N3O2. The number of hydrogen-bond donors (Lipinski definition) is 2. The molecule has 0 bridgehead atoms. The molecular weight excluding hydrogens is 194 g/mol. The summed E-state index contributed by atoms with van der Waals surface area (Å²) in [6.45, 7) is 1.65. The fourth-order valence-electron chi connectivity index (χ4n) is 2.57. The Hall–Kier alpha value is -1.10. The summed E-state index contributed by atoms with van der Waals surface area (Å²) >= 11 is 0. The number of rotatable bonds is 2. The molecule has 1 saturated heterocycles. The highest BCUT2D eigenvalue weighted by Gasteiger charge is 2.34. The normalized spacial score (nSPS) is 32.1. The molecule has 1 saturated carbocycles. The number of nitrogens with zero attached hydrogens (tertiary/aromatic N) is 1. The van der Waals surface area contributed by atoms with Gasteiger partial charge in [0.05, 0.1) is 6.04 Å². The molecule has 3 N–H and O–H groups in total. The molecule has 0 spiro atoms. The van der Waals surface area contributed by atoms with E-state index in [0.717, 1.165) is 38.8 Å². The molecule has 2 rings (SSSR count). The van der Waals surface area contributed by atoms with Crippen molar-refractivity contribution in [3.05, 3.63) is 0 Å². The van der Waals surface area contributed by atoms with Gasteiger partial charge in [-0.25, -0.2) is 4.79 Å². The average molecular weight is 211 g/mol. The van der Waals surface area contributed by atoms with Crippen LogP contribution in [0, 0.1) is 0 Å². The third kappa shape index (κ3) is 2.28. The number of likely N-dealkylation sites (tertiary alicyclic amines) is 1. The summed E-state index contributed by atoms with van der Waals surface area (Å²) in [4.78, 5) is 24.4. The number of urea groups is 1. The second-order valence-corrected chi connectivity index (χ2v) is 4.36. The van der Waals surface area contributed by atoms with Gasteiger partial charge in [0, 0.05) is 25.6 Å². The molecule has 2 fully saturated rings. The molecule has 0 aromatic carbocycles. The Labute approximate surface area is 89.0 Å². The lowest BCUT2D eigenvalue weighted by molar-refractivity contribution is -0.121. The zero-order chi connectivity index (χ0) is 10.8. The van der Waals surface area contributed by atoms with E-state index in [1.165, 1.54) is 0 Å². The van der Waals surface area contributed by atoms with Gasteiger partial charge in [0.2, 0.25) is 0 Å². The van der Waals surface area contributed by atoms with Gasteiger partial charge in [-0.3, -0.25) is 9.69 Å². The predicted octanol–water partition coefficient (Wildman–Crippen LogP) is -0.149. The summed E-state index contributed by atoms with van der Waals surface area (Å²) in [5.74, 6) is 0.356. The summed E-state index contributed by atoms with van der Waals surface area (Å²) in [5, 5.41) is 2.70. The fourth-order valence-corrected chi connectivity index (χ4v) is 2.57. The molecule has 2 unspecified atom stereocenters. The Morgan fingerprint density at radius 2 is 2.27 bits per heavy atom. The molecule has 0 radical (unpaired) electrons. The Bertz CT molecular complexity index is 280. The topological polar surface area (TPSA) is 75.4 Å². The van der Waals surface area contributed by atoms with Gasteiger partial charge in [0.25, 0.3) is 0 Å². The van der Waals surface area contributed by atoms with Crippen molar-refractivity contribution >= 4 is 11.8 Å². The second-order valence-electron chi connectivity index (χ2n) is 4.36. The third-order valence-corrected chi connectivity index (χ3v) is 3.28. The number of ketones is 1. The van der Waals surface area contributed by atoms with Crippen molar-refractivity contribution in [1.29, 1.82) is 0 Å². The molecule has 15 heavy (non-hydrogen) atoms. The van der Waals surface area contributed by atoms with Crippen molar-refractivity contribution < 1.29 is 9.59 Å². The largest absolute Gasteiger partial charge is 0.352 e. The molecule has 2 aliphatic rings. The number of carbonyl (C=O) groups is 2. The van der Waals surface area contributed by atoms with E-state index in [1.807, 2.05) is 0 Å². The number of hydrogen-bond acceptors (Lipinski definition) is 3. The first kappa shape index (κ1) is 10.4. The van der Waals surface area contributed by atoms with Crippen molar-refractivity contribution in [1.82, 2.24) is 10.2 Å². The number of nitrogens with one attached hydrogen (secondary N) is 1. The number of nitrogens with two attached hydrogens (primary N) is 1. The van der Waals surface area contributed by atoms with Crippen LogP contribution in [-0.4, -0.2) is 41.9 Å². The summed E-state index contributed by atoms with van der Waals surface area (Å²) in [6.07, 6.45) is 3.60. The lowest BCUT2D eigenvalue weighted by Crippen LogP contribution is -2.42. The van der Waals surface area contributed by atoms with E-state index in [0.29, 0.717) is 5.78 Å². The Kier molecular flexibility index (Phi) is 2.90. The highest BCUT2D eigenvalue weighted by atomic mass is 16.2. The van der Waals surface area contributed by atoms with Crippen molar-refractivity contribution in [3.8, 4) is 0 Å². The van der Waals surface area contributed by atoms with Crippen LogP contribution >= 0.6 is 0 Å². The van der Waals surface area contributed by atoms with Crippen molar-refractivity contribution in [2.24, 2.45) is 5.73 Å². The monoisotopic (exact) mass is 211 g/mol. The quantitative estimate of drug-likeness (QED) is 0.667. The Balaban J connectivity index is 1.86. The SMILES string of the molecule is NC(=O)NC1CCN(C2CCCC2=O)C1. The van der Waals surface area contributed by atoms with Crippen LogP contribution in [0.5, 0.6) is 0 Å². The molecule has 1 aliphatic heterocycles. The highest BCUT2D eigenvalue weighted by molar-refractivity contribution is 5.86. The van der Waals surface area contributed by atoms with Gasteiger partial charge in [-0.1, -0.05) is 0 Å². The first-order valence-electron chi connectivity index (χ1n) is 5.49. The highest BCUT2D eigenvalue weighted by Crippen LogP contribution is 2.23. The van der Waals surface area contributed by atoms with E-state index in [9.17, 15) is 9.59 Å². The molecule has 1 heterocycles. The van der Waals surface area contributed by atoms with Gasteiger partial charge in [0.15, 0.2) is 0 Å². The third-order valence-electron chi connectivity index (χ3n) is 3.28. The average Bonchev–Trinajstić information content (AvgIpc) is 2.72. The summed E-state index contributed by atoms with van der Waals surface area (Å²) < 4.78 is 0. The van der Waals surface area contributed by atoms with E-state index in [1.54, 1.807) is 0 Å². The summed E-state index contributed by atoms with van der Waals surface area (Å²) in [5.41, 5.74) is 5.06. The minimum absolute atomic E-state index is 0.102. The van der Waals surface area contributed by atoms with Crippen LogP contribution in [0.25, 0.3) is 0 Å². The minimum atomic E-state index is -0.473. The molecule has 2 atom stereocenters. The van der Waals surface area contributed by atoms with Gasteiger partial charge >= 0.3 is 6.03 Å². The van der Waals surface area contributed by atoms with E-state index < -0.39 is 6.03 Å². The zero-order valence-corrected chi connectivity index (χ0v) is 8.74. The van der Waals surface area contributed by atoms with E-state index in [-0.39, 0.29) is 12.1 Å². The molecule has 2 amide bonds. The van der Waals surface area contributed by atoms with Gasteiger partial charge in [-0.2, -0.15) is 0 Å². The van der Waals surface area contributed by atoms with Gasteiger partial charge in [0.1, 0.15) is 5.78 Å². The number of carbonyl (C=O) groups excluding carboxylic acids is 2. The minimum Gasteiger partial charge on any atom is -0.352 e. The first-order valence-corrected chi connectivity index (χ1v) is 5.49. The van der Waals surface area contributed by atoms with E-state index in [4.69, 9.17) is 5.73 Å². The van der Waals surface area contributed by atoms with Gasteiger partial charge < -0.3 is 11.1 Å². The molecule has 84 valence electrons. The van der Waals surface area contributed by atoms with E-state index >= 15 is 0 Å². The predicted molar refractivity (Wildman–Crippen MR) is 55.3 cm³/mol. The van der Waals surface area contributed by atoms with Crippen LogP contribution in [0.3, 0.4) is 0 Å². The van der Waals surface area contributed by atoms with Crippen molar-refractivity contribution in [2.45, 2.75) is 37.8 Å². The lowest BCUT2D eigenvalue weighted by Gasteiger charge is -2.22. The summed E-state index contributed by atoms with van der Waals surface area (Å²) in [7, 11) is 0. The molecule has 5 heteroatoms. The second kappa shape index (κ2) is 4.18. The molecule has 1 aliphatic carbocycles. The first-order chi connectivity index (χ1) is 7.16. The van der Waals surface area contributed by atoms with Crippen LogP contribution in [-0.2, 0) is 4.79 Å². The number of primary amides is 1. The van der Waals surface area contributed by atoms with Gasteiger partial charge in [-0.15, -0.1) is 0 Å². The number of amides is 2. The van der Waals surface area contributed by atoms with Crippen LogP contribution in [0.15, 0.2) is 0 Å². The maximum atomic E-state index is 11.5. The van der Waals surface area contributed by atoms with E-state index in [2.05, 4.69) is 10.2 Å². The molecule has 0 aromatic heterocycles. The smallest absolute Gasteiger partial charge is 0.312 e.